The average Bonchev–Trinajstić information content (AvgIpc) is 2.61. The molecular weight excluding hydrogens is 322 g/mol. The van der Waals surface area contributed by atoms with Crippen molar-refractivity contribution < 1.29 is 9.59 Å². The van der Waals surface area contributed by atoms with E-state index >= 15 is 0 Å². The molecule has 24 heavy (non-hydrogen) atoms. The molecule has 3 N–H and O–H groups in total. The van der Waals surface area contributed by atoms with Gasteiger partial charge in [0.1, 0.15) is 0 Å². The van der Waals surface area contributed by atoms with E-state index < -0.39 is 5.91 Å². The maximum absolute atomic E-state index is 12.1. The molecule has 0 bridgehead atoms. The van der Waals surface area contributed by atoms with E-state index in [4.69, 9.17) is 5.73 Å². The summed E-state index contributed by atoms with van der Waals surface area (Å²) in [6.45, 7) is 2.63. The number of carbonyl (C=O) groups is 2. The van der Waals surface area contributed by atoms with Gasteiger partial charge in [0.2, 0.25) is 5.91 Å². The summed E-state index contributed by atoms with van der Waals surface area (Å²) in [5, 5.41) is 2.81. The predicted octanol–water partition coefficient (Wildman–Crippen LogP) is 2.95. The number of rotatable bonds is 6. The van der Waals surface area contributed by atoms with Gasteiger partial charge in [-0.3, -0.25) is 4.79 Å². The maximum atomic E-state index is 12.1. The van der Waals surface area contributed by atoms with Gasteiger partial charge in [0, 0.05) is 12.1 Å². The highest BCUT2D eigenvalue weighted by Gasteiger charge is 2.12. The molecule has 0 aromatic heterocycles. The Morgan fingerprint density at radius 3 is 2.17 bits per heavy atom. The molecule has 3 amide bonds. The zero-order valence-electron chi connectivity index (χ0n) is 13.5. The lowest BCUT2D eigenvalue weighted by atomic mass is 10.1. The highest BCUT2D eigenvalue weighted by molar-refractivity contribution is 7.82. The number of carbonyl (C=O) groups excluding carboxylic acids is 2. The van der Waals surface area contributed by atoms with E-state index in [0.29, 0.717) is 17.8 Å². The van der Waals surface area contributed by atoms with Gasteiger partial charge < -0.3 is 11.1 Å². The predicted molar refractivity (Wildman–Crippen MR) is 99.3 cm³/mol. The highest BCUT2D eigenvalue weighted by Crippen LogP contribution is 2.17. The van der Waals surface area contributed by atoms with Crippen molar-refractivity contribution in [3.05, 3.63) is 65.2 Å². The molecule has 0 saturated carbocycles. The van der Waals surface area contributed by atoms with E-state index in [1.807, 2.05) is 0 Å². The standard InChI is InChI=1S/C18H21N3O2S/c1-2-13-3-5-14(6-4-13)11-12-20-18(23)21(24)16-9-7-15(8-10-16)17(19)22/h3-10,24H,2,11-12H2,1H3,(H2,19,22)(H,20,23). The summed E-state index contributed by atoms with van der Waals surface area (Å²) in [5.41, 5.74) is 8.60. The Kier molecular flexibility index (Phi) is 6.26. The number of hydrogen-bond acceptors (Lipinski definition) is 3. The average molecular weight is 343 g/mol. The maximum Gasteiger partial charge on any atom is 0.331 e. The number of nitrogens with zero attached hydrogens (tertiary/aromatic N) is 1. The Labute approximate surface area is 147 Å². The molecule has 0 spiro atoms. The number of nitrogens with one attached hydrogen (secondary N) is 1. The first kappa shape index (κ1) is 17.9. The third-order valence-electron chi connectivity index (χ3n) is 3.71. The largest absolute Gasteiger partial charge is 0.366 e. The van der Waals surface area contributed by atoms with Crippen LogP contribution < -0.4 is 15.4 Å². The summed E-state index contributed by atoms with van der Waals surface area (Å²) in [5.74, 6) is -0.509. The van der Waals surface area contributed by atoms with E-state index in [0.717, 1.165) is 12.8 Å². The summed E-state index contributed by atoms with van der Waals surface area (Å²) in [7, 11) is 0. The van der Waals surface area contributed by atoms with Crippen molar-refractivity contribution in [3.63, 3.8) is 0 Å². The number of hydrogen-bond donors (Lipinski definition) is 3. The van der Waals surface area contributed by atoms with Crippen LogP contribution in [0.3, 0.4) is 0 Å². The number of amides is 3. The van der Waals surface area contributed by atoms with Crippen LogP contribution in [0.25, 0.3) is 0 Å². The smallest absolute Gasteiger partial charge is 0.331 e. The molecule has 2 rings (SSSR count). The van der Waals surface area contributed by atoms with E-state index in [1.54, 1.807) is 24.3 Å². The minimum Gasteiger partial charge on any atom is -0.366 e. The first-order valence-corrected chi connectivity index (χ1v) is 8.15. The molecule has 0 radical (unpaired) electrons. The number of thiol groups is 1. The zero-order chi connectivity index (χ0) is 17.5. The van der Waals surface area contributed by atoms with E-state index in [-0.39, 0.29) is 6.03 Å². The third kappa shape index (κ3) is 4.76. The molecular formula is C18H21N3O2S. The van der Waals surface area contributed by atoms with E-state index in [2.05, 4.69) is 49.3 Å². The van der Waals surface area contributed by atoms with Gasteiger partial charge in [-0.2, -0.15) is 0 Å². The summed E-state index contributed by atoms with van der Waals surface area (Å²) < 4.78 is 1.20. The molecule has 126 valence electrons. The molecule has 6 heteroatoms. The topological polar surface area (TPSA) is 75.4 Å². The van der Waals surface area contributed by atoms with Crippen LogP contribution in [0.1, 0.15) is 28.4 Å². The lowest BCUT2D eigenvalue weighted by molar-refractivity contribution is 0.100. The molecule has 0 aliphatic heterocycles. The fourth-order valence-corrected chi connectivity index (χ4v) is 2.42. The lowest BCUT2D eigenvalue weighted by Gasteiger charge is -2.16. The van der Waals surface area contributed by atoms with Crippen molar-refractivity contribution >= 4 is 30.4 Å². The molecule has 0 unspecified atom stereocenters. The van der Waals surface area contributed by atoms with Crippen molar-refractivity contribution in [2.75, 3.05) is 10.8 Å². The molecule has 2 aromatic carbocycles. The second-order valence-electron chi connectivity index (χ2n) is 5.37. The molecule has 2 aromatic rings. The van der Waals surface area contributed by atoms with E-state index in [1.165, 1.54) is 15.4 Å². The first-order valence-electron chi connectivity index (χ1n) is 7.75. The quantitative estimate of drug-likeness (QED) is 0.705. The summed E-state index contributed by atoms with van der Waals surface area (Å²) in [6, 6.07) is 14.4. The van der Waals surface area contributed by atoms with Crippen molar-refractivity contribution in [2.45, 2.75) is 19.8 Å². The number of benzene rings is 2. The molecule has 5 nitrogen and oxygen atoms in total. The van der Waals surface area contributed by atoms with Crippen LogP contribution >= 0.6 is 12.8 Å². The van der Waals surface area contributed by atoms with Crippen LogP contribution in [0.2, 0.25) is 0 Å². The van der Waals surface area contributed by atoms with Crippen LogP contribution in [-0.4, -0.2) is 18.5 Å². The van der Waals surface area contributed by atoms with Crippen LogP contribution in [0.5, 0.6) is 0 Å². The second kappa shape index (κ2) is 8.40. The van der Waals surface area contributed by atoms with Gasteiger partial charge in [0.05, 0.1) is 5.69 Å². The Morgan fingerprint density at radius 2 is 1.62 bits per heavy atom. The Balaban J connectivity index is 1.85. The molecule has 0 aliphatic rings. The van der Waals surface area contributed by atoms with Crippen LogP contribution in [-0.2, 0) is 12.8 Å². The minimum atomic E-state index is -0.509. The van der Waals surface area contributed by atoms with Crippen LogP contribution in [0.15, 0.2) is 48.5 Å². The van der Waals surface area contributed by atoms with Gasteiger partial charge in [0.25, 0.3) is 0 Å². The fourth-order valence-electron chi connectivity index (χ4n) is 2.21. The molecule has 0 atom stereocenters. The summed E-state index contributed by atoms with van der Waals surface area (Å²) in [4.78, 5) is 23.1. The first-order chi connectivity index (χ1) is 11.5. The molecule has 0 saturated heterocycles. The van der Waals surface area contributed by atoms with Crippen LogP contribution in [0, 0.1) is 0 Å². The van der Waals surface area contributed by atoms with E-state index in [9.17, 15) is 9.59 Å². The minimum absolute atomic E-state index is 0.324. The fraction of sp³-hybridized carbons (Fsp3) is 0.222. The monoisotopic (exact) mass is 343 g/mol. The number of nitrogens with two attached hydrogens (primary N) is 1. The molecule has 0 fully saturated rings. The number of primary amides is 1. The second-order valence-corrected chi connectivity index (χ2v) is 5.77. The van der Waals surface area contributed by atoms with Gasteiger partial charge in [-0.1, -0.05) is 44.0 Å². The normalized spacial score (nSPS) is 10.2. The SMILES string of the molecule is CCc1ccc(CCNC(=O)N(S)c2ccc(C(N)=O)cc2)cc1. The Bertz CT molecular complexity index is 699. The number of anilines is 1. The molecule has 0 heterocycles. The van der Waals surface area contributed by atoms with Gasteiger partial charge in [-0.25, -0.2) is 9.10 Å². The third-order valence-corrected chi connectivity index (χ3v) is 4.12. The van der Waals surface area contributed by atoms with Crippen LogP contribution in [0.4, 0.5) is 10.5 Å². The lowest BCUT2D eigenvalue weighted by Crippen LogP contribution is -2.35. The van der Waals surface area contributed by atoms with Gasteiger partial charge in [-0.15, -0.1) is 0 Å². The zero-order valence-corrected chi connectivity index (χ0v) is 14.4. The summed E-state index contributed by atoms with van der Waals surface area (Å²) >= 11 is 4.19. The number of urea groups is 1. The van der Waals surface area contributed by atoms with Gasteiger partial charge in [-0.05, 0) is 48.2 Å². The van der Waals surface area contributed by atoms with Crippen molar-refractivity contribution in [1.82, 2.24) is 5.32 Å². The molecule has 0 aliphatic carbocycles. The van der Waals surface area contributed by atoms with Crippen molar-refractivity contribution in [2.24, 2.45) is 5.73 Å². The van der Waals surface area contributed by atoms with Crippen molar-refractivity contribution in [3.8, 4) is 0 Å². The Morgan fingerprint density at radius 1 is 1.04 bits per heavy atom. The summed E-state index contributed by atoms with van der Waals surface area (Å²) in [6.07, 6.45) is 1.76. The van der Waals surface area contributed by atoms with Gasteiger partial charge in [0.15, 0.2) is 0 Å². The number of aryl methyl sites for hydroxylation is 1. The Hall–Kier alpha value is -2.47. The highest BCUT2D eigenvalue weighted by atomic mass is 32.1. The van der Waals surface area contributed by atoms with Gasteiger partial charge >= 0.3 is 6.03 Å². The van der Waals surface area contributed by atoms with Crippen molar-refractivity contribution in [1.29, 1.82) is 0 Å².